The molecule has 1 aromatic carbocycles. The van der Waals surface area contributed by atoms with Crippen molar-refractivity contribution in [2.75, 3.05) is 18.5 Å². The van der Waals surface area contributed by atoms with Gasteiger partial charge in [-0.2, -0.15) is 5.26 Å². The van der Waals surface area contributed by atoms with Crippen LogP contribution in [0.4, 0.5) is 5.82 Å². The molecule has 0 saturated carbocycles. The third kappa shape index (κ3) is 5.46. The maximum atomic E-state index is 11.6. The zero-order valence-electron chi connectivity index (χ0n) is 12.2. The summed E-state index contributed by atoms with van der Waals surface area (Å²) in [7, 11) is 0. The molecule has 0 fully saturated rings. The molecule has 1 heterocycles. The molecule has 0 aliphatic carbocycles. The number of carbonyl (C=O) groups is 1. The van der Waals surface area contributed by atoms with Gasteiger partial charge in [0.25, 0.3) is 0 Å². The first kappa shape index (κ1) is 16.5. The number of nitrogens with one attached hydrogen (secondary N) is 1. The molecule has 2 rings (SSSR count). The van der Waals surface area contributed by atoms with Crippen LogP contribution in [-0.4, -0.2) is 24.1 Å². The van der Waals surface area contributed by atoms with Crippen molar-refractivity contribution in [3.8, 4) is 6.07 Å². The summed E-state index contributed by atoms with van der Waals surface area (Å²) in [6, 6.07) is 12.5. The Hall–Kier alpha value is -2.84. The molecule has 6 heteroatoms. The summed E-state index contributed by atoms with van der Waals surface area (Å²) in [5.74, 6) is 0.0334. The average Bonchev–Trinajstić information content (AvgIpc) is 2.58. The van der Waals surface area contributed by atoms with Crippen molar-refractivity contribution in [2.45, 2.75) is 0 Å². The lowest BCUT2D eigenvalue weighted by atomic mass is 10.2. The quantitative estimate of drug-likeness (QED) is 0.500. The van der Waals surface area contributed by atoms with E-state index in [2.05, 4.69) is 10.3 Å². The Balaban J connectivity index is 1.75. The molecule has 0 aliphatic heterocycles. The summed E-state index contributed by atoms with van der Waals surface area (Å²) in [6.45, 7) is 0.539. The zero-order chi connectivity index (χ0) is 16.5. The topological polar surface area (TPSA) is 75.0 Å². The molecule has 0 radical (unpaired) electrons. The minimum absolute atomic E-state index is 0.172. The van der Waals surface area contributed by atoms with Crippen LogP contribution in [0.3, 0.4) is 0 Å². The molecule has 23 heavy (non-hydrogen) atoms. The van der Waals surface area contributed by atoms with Gasteiger partial charge in [-0.3, -0.25) is 0 Å². The number of nitrogens with zero attached hydrogens (tertiary/aromatic N) is 2. The second-order valence-electron chi connectivity index (χ2n) is 4.49. The number of anilines is 1. The Morgan fingerprint density at radius 2 is 2.13 bits per heavy atom. The Morgan fingerprint density at radius 1 is 1.35 bits per heavy atom. The van der Waals surface area contributed by atoms with Gasteiger partial charge in [0.2, 0.25) is 0 Å². The van der Waals surface area contributed by atoms with Crippen molar-refractivity contribution in [1.29, 1.82) is 5.26 Å². The number of hydrogen-bond acceptors (Lipinski definition) is 5. The zero-order valence-corrected chi connectivity index (χ0v) is 13.0. The lowest BCUT2D eigenvalue weighted by molar-refractivity contribution is -0.137. The first-order valence-corrected chi connectivity index (χ1v) is 7.26. The van der Waals surface area contributed by atoms with Crippen molar-refractivity contribution in [3.63, 3.8) is 0 Å². The van der Waals surface area contributed by atoms with E-state index in [0.29, 0.717) is 22.9 Å². The van der Waals surface area contributed by atoms with E-state index in [1.807, 2.05) is 6.07 Å². The molecular formula is C17H14ClN3O2. The second-order valence-corrected chi connectivity index (χ2v) is 4.93. The van der Waals surface area contributed by atoms with Crippen LogP contribution < -0.4 is 5.32 Å². The summed E-state index contributed by atoms with van der Waals surface area (Å²) in [4.78, 5) is 15.6. The van der Waals surface area contributed by atoms with Gasteiger partial charge >= 0.3 is 5.97 Å². The predicted molar refractivity (Wildman–Crippen MR) is 88.9 cm³/mol. The number of esters is 1. The smallest absolute Gasteiger partial charge is 0.330 e. The van der Waals surface area contributed by atoms with Gasteiger partial charge in [0.1, 0.15) is 18.5 Å². The van der Waals surface area contributed by atoms with Crippen LogP contribution in [0.1, 0.15) is 11.1 Å². The highest BCUT2D eigenvalue weighted by Gasteiger charge is 2.02. The number of pyridine rings is 1. The molecule has 0 atom stereocenters. The van der Waals surface area contributed by atoms with Crippen LogP contribution in [0.25, 0.3) is 6.08 Å². The molecule has 0 spiro atoms. The van der Waals surface area contributed by atoms with Crippen molar-refractivity contribution >= 4 is 29.5 Å². The summed E-state index contributed by atoms with van der Waals surface area (Å²) in [5.41, 5.74) is 1.30. The van der Waals surface area contributed by atoms with Gasteiger partial charge in [-0.1, -0.05) is 23.7 Å². The minimum atomic E-state index is -0.441. The molecule has 0 aliphatic rings. The third-order valence-corrected chi connectivity index (χ3v) is 3.10. The standard InChI is InChI=1S/C17H14ClN3O2/c18-15-6-3-13(4-7-15)5-8-16(22)23-11-10-21-17-14(12-19)2-1-9-20-17/h1-9H,10-11H2,(H,20,21)/b8-5+. The highest BCUT2D eigenvalue weighted by Crippen LogP contribution is 2.11. The van der Waals surface area contributed by atoms with Crippen molar-refractivity contribution in [2.24, 2.45) is 0 Å². The van der Waals surface area contributed by atoms with Crippen molar-refractivity contribution in [3.05, 3.63) is 64.8 Å². The van der Waals surface area contributed by atoms with E-state index in [1.54, 1.807) is 48.7 Å². The summed E-state index contributed by atoms with van der Waals surface area (Å²) < 4.78 is 5.06. The summed E-state index contributed by atoms with van der Waals surface area (Å²) in [6.07, 6.45) is 4.59. The van der Waals surface area contributed by atoms with E-state index in [4.69, 9.17) is 21.6 Å². The van der Waals surface area contributed by atoms with Gasteiger partial charge in [-0.05, 0) is 35.9 Å². The Labute approximate surface area is 139 Å². The van der Waals surface area contributed by atoms with Gasteiger partial charge in [-0.25, -0.2) is 9.78 Å². The number of nitriles is 1. The minimum Gasteiger partial charge on any atom is -0.461 e. The first-order valence-electron chi connectivity index (χ1n) is 6.88. The van der Waals surface area contributed by atoms with Gasteiger partial charge in [0.15, 0.2) is 0 Å². The number of rotatable bonds is 6. The largest absolute Gasteiger partial charge is 0.461 e. The molecular weight excluding hydrogens is 314 g/mol. The van der Waals surface area contributed by atoms with Crippen molar-refractivity contribution < 1.29 is 9.53 Å². The fraction of sp³-hybridized carbons (Fsp3) is 0.118. The maximum absolute atomic E-state index is 11.6. The van der Waals surface area contributed by atoms with Gasteiger partial charge in [0.05, 0.1) is 12.1 Å². The Morgan fingerprint density at radius 3 is 2.87 bits per heavy atom. The van der Waals surface area contributed by atoms with Gasteiger partial charge in [0, 0.05) is 17.3 Å². The number of benzene rings is 1. The summed E-state index contributed by atoms with van der Waals surface area (Å²) >= 11 is 5.78. The number of aromatic nitrogens is 1. The van der Waals surface area contributed by atoms with E-state index in [1.165, 1.54) is 6.08 Å². The average molecular weight is 328 g/mol. The predicted octanol–water partition coefficient (Wildman–Crippen LogP) is 3.28. The number of carbonyl (C=O) groups excluding carboxylic acids is 1. The normalized spacial score (nSPS) is 10.3. The number of hydrogen-bond donors (Lipinski definition) is 1. The van der Waals surface area contributed by atoms with E-state index < -0.39 is 5.97 Å². The fourth-order valence-corrected chi connectivity index (χ4v) is 1.87. The molecule has 0 unspecified atom stereocenters. The van der Waals surface area contributed by atoms with Crippen LogP contribution in [0.15, 0.2) is 48.7 Å². The third-order valence-electron chi connectivity index (χ3n) is 2.85. The molecule has 5 nitrogen and oxygen atoms in total. The van der Waals surface area contributed by atoms with Gasteiger partial charge < -0.3 is 10.1 Å². The Kier molecular flexibility index (Phi) is 6.16. The van der Waals surface area contributed by atoms with Crippen LogP contribution in [0.5, 0.6) is 0 Å². The van der Waals surface area contributed by atoms with Crippen molar-refractivity contribution in [1.82, 2.24) is 4.98 Å². The molecule has 1 aromatic heterocycles. The van der Waals surface area contributed by atoms with Crippen LogP contribution in [0, 0.1) is 11.3 Å². The molecule has 0 bridgehead atoms. The lowest BCUT2D eigenvalue weighted by Gasteiger charge is -2.06. The molecule has 2 aromatic rings. The molecule has 0 amide bonds. The lowest BCUT2D eigenvalue weighted by Crippen LogP contribution is -2.13. The Bertz CT molecular complexity index is 736. The fourth-order valence-electron chi connectivity index (χ4n) is 1.74. The SMILES string of the molecule is N#Cc1cccnc1NCCOC(=O)/C=C/c1ccc(Cl)cc1. The van der Waals surface area contributed by atoms with E-state index in [9.17, 15) is 4.79 Å². The van der Waals surface area contributed by atoms with E-state index in [-0.39, 0.29) is 6.61 Å². The number of halogens is 1. The maximum Gasteiger partial charge on any atom is 0.330 e. The monoisotopic (exact) mass is 327 g/mol. The molecule has 116 valence electrons. The van der Waals surface area contributed by atoms with Crippen LogP contribution >= 0.6 is 11.6 Å². The number of ether oxygens (including phenoxy) is 1. The first-order chi connectivity index (χ1) is 11.2. The molecule has 1 N–H and O–H groups in total. The van der Waals surface area contributed by atoms with E-state index in [0.717, 1.165) is 5.56 Å². The second kappa shape index (κ2) is 8.57. The summed E-state index contributed by atoms with van der Waals surface area (Å²) in [5, 5.41) is 12.5. The molecule has 0 saturated heterocycles. The van der Waals surface area contributed by atoms with E-state index >= 15 is 0 Å². The van der Waals surface area contributed by atoms with Crippen LogP contribution in [0.2, 0.25) is 5.02 Å². The highest BCUT2D eigenvalue weighted by atomic mass is 35.5. The highest BCUT2D eigenvalue weighted by molar-refractivity contribution is 6.30. The van der Waals surface area contributed by atoms with Gasteiger partial charge in [-0.15, -0.1) is 0 Å². The van der Waals surface area contributed by atoms with Crippen LogP contribution in [-0.2, 0) is 9.53 Å².